The molecule has 3 aromatic rings. The Morgan fingerprint density at radius 1 is 1.08 bits per heavy atom. The van der Waals surface area contributed by atoms with E-state index < -0.39 is 0 Å². The second kappa shape index (κ2) is 7.46. The molecule has 0 aliphatic heterocycles. The number of anilines is 2. The highest BCUT2D eigenvalue weighted by atomic mass is 16.5. The number of nitrogens with one attached hydrogen (secondary N) is 2. The molecule has 5 heteroatoms. The number of pyridine rings is 1. The van der Waals surface area contributed by atoms with Gasteiger partial charge in [0.05, 0.1) is 24.4 Å². The van der Waals surface area contributed by atoms with Gasteiger partial charge in [-0.15, -0.1) is 0 Å². The van der Waals surface area contributed by atoms with Crippen LogP contribution in [-0.4, -0.2) is 24.0 Å². The van der Waals surface area contributed by atoms with E-state index >= 15 is 0 Å². The molecule has 2 N–H and O–H groups in total. The average Bonchev–Trinajstić information content (AvgIpc) is 2.62. The molecule has 122 valence electrons. The van der Waals surface area contributed by atoms with Crippen LogP contribution in [0, 0.1) is 0 Å². The van der Waals surface area contributed by atoms with E-state index in [-0.39, 0.29) is 12.5 Å². The topological polar surface area (TPSA) is 63.2 Å². The number of carbonyl (C=O) groups is 1. The normalized spacial score (nSPS) is 10.4. The Hall–Kier alpha value is -3.08. The number of amides is 1. The van der Waals surface area contributed by atoms with E-state index in [1.165, 1.54) is 0 Å². The number of hydrogen-bond donors (Lipinski definition) is 2. The molecule has 1 heterocycles. The van der Waals surface area contributed by atoms with Crippen molar-refractivity contribution in [3.63, 3.8) is 0 Å². The summed E-state index contributed by atoms with van der Waals surface area (Å²) in [5.41, 5.74) is 2.37. The SMILES string of the molecule is CCOc1ccc(NCC(=O)Nc2cccc3cccnc23)cc1. The molecular formula is C19H19N3O2. The number of benzene rings is 2. The Balaban J connectivity index is 1.61. The zero-order valence-electron chi connectivity index (χ0n) is 13.5. The number of ether oxygens (including phenoxy) is 1. The summed E-state index contributed by atoms with van der Waals surface area (Å²) >= 11 is 0. The molecule has 0 saturated carbocycles. The Morgan fingerprint density at radius 2 is 1.88 bits per heavy atom. The number of fused-ring (bicyclic) bond motifs is 1. The van der Waals surface area contributed by atoms with Crippen LogP contribution >= 0.6 is 0 Å². The fourth-order valence-electron chi connectivity index (χ4n) is 2.42. The third kappa shape index (κ3) is 3.81. The quantitative estimate of drug-likeness (QED) is 0.727. The summed E-state index contributed by atoms with van der Waals surface area (Å²) in [6.07, 6.45) is 1.72. The van der Waals surface area contributed by atoms with Crippen molar-refractivity contribution in [2.75, 3.05) is 23.8 Å². The van der Waals surface area contributed by atoms with Crippen LogP contribution in [0.2, 0.25) is 0 Å². The predicted molar refractivity (Wildman–Crippen MR) is 96.5 cm³/mol. The molecule has 0 spiro atoms. The van der Waals surface area contributed by atoms with Gasteiger partial charge in [0.1, 0.15) is 5.75 Å². The van der Waals surface area contributed by atoms with Gasteiger partial charge in [-0.05, 0) is 43.3 Å². The van der Waals surface area contributed by atoms with Gasteiger partial charge in [-0.25, -0.2) is 0 Å². The second-order valence-electron chi connectivity index (χ2n) is 5.24. The van der Waals surface area contributed by atoms with Gasteiger partial charge >= 0.3 is 0 Å². The summed E-state index contributed by atoms with van der Waals surface area (Å²) in [7, 11) is 0. The molecule has 0 radical (unpaired) electrons. The highest BCUT2D eigenvalue weighted by molar-refractivity contribution is 6.01. The zero-order chi connectivity index (χ0) is 16.8. The summed E-state index contributed by atoms with van der Waals surface area (Å²) in [5.74, 6) is 0.691. The van der Waals surface area contributed by atoms with Gasteiger partial charge in [0.15, 0.2) is 0 Å². The third-order valence-electron chi connectivity index (χ3n) is 3.53. The van der Waals surface area contributed by atoms with E-state index in [1.54, 1.807) is 6.20 Å². The van der Waals surface area contributed by atoms with E-state index in [4.69, 9.17) is 4.74 Å². The minimum Gasteiger partial charge on any atom is -0.494 e. The van der Waals surface area contributed by atoms with Crippen LogP contribution in [0.15, 0.2) is 60.8 Å². The molecule has 0 fully saturated rings. The summed E-state index contributed by atoms with van der Waals surface area (Å²) in [5, 5.41) is 6.99. The van der Waals surface area contributed by atoms with Crippen LogP contribution < -0.4 is 15.4 Å². The minimum atomic E-state index is -0.123. The molecule has 1 amide bonds. The van der Waals surface area contributed by atoms with Crippen molar-refractivity contribution < 1.29 is 9.53 Å². The maximum Gasteiger partial charge on any atom is 0.243 e. The van der Waals surface area contributed by atoms with Gasteiger partial charge in [-0.3, -0.25) is 9.78 Å². The lowest BCUT2D eigenvalue weighted by Gasteiger charge is -2.10. The largest absolute Gasteiger partial charge is 0.494 e. The lowest BCUT2D eigenvalue weighted by Crippen LogP contribution is -2.21. The number of carbonyl (C=O) groups excluding carboxylic acids is 1. The molecule has 0 bridgehead atoms. The fourth-order valence-corrected chi connectivity index (χ4v) is 2.42. The molecule has 24 heavy (non-hydrogen) atoms. The van der Waals surface area contributed by atoms with E-state index in [0.717, 1.165) is 22.3 Å². The fraction of sp³-hybridized carbons (Fsp3) is 0.158. The molecule has 0 aliphatic carbocycles. The van der Waals surface area contributed by atoms with Gasteiger partial charge in [-0.1, -0.05) is 18.2 Å². The monoisotopic (exact) mass is 321 g/mol. The Bertz CT molecular complexity index is 826. The van der Waals surface area contributed by atoms with Gasteiger partial charge in [-0.2, -0.15) is 0 Å². The molecule has 0 atom stereocenters. The molecular weight excluding hydrogens is 302 g/mol. The molecule has 0 aliphatic rings. The van der Waals surface area contributed by atoms with Gasteiger partial charge in [0.25, 0.3) is 0 Å². The van der Waals surface area contributed by atoms with Crippen molar-refractivity contribution in [2.45, 2.75) is 6.92 Å². The molecule has 1 aromatic heterocycles. The van der Waals surface area contributed by atoms with Crippen molar-refractivity contribution >= 4 is 28.2 Å². The Morgan fingerprint density at radius 3 is 2.67 bits per heavy atom. The number of hydrogen-bond acceptors (Lipinski definition) is 4. The van der Waals surface area contributed by atoms with Crippen molar-refractivity contribution in [1.29, 1.82) is 0 Å². The highest BCUT2D eigenvalue weighted by Gasteiger charge is 2.06. The van der Waals surface area contributed by atoms with Gasteiger partial charge < -0.3 is 15.4 Å². The first-order valence-corrected chi connectivity index (χ1v) is 7.86. The first-order chi connectivity index (χ1) is 11.8. The molecule has 0 unspecified atom stereocenters. The third-order valence-corrected chi connectivity index (χ3v) is 3.53. The van der Waals surface area contributed by atoms with Crippen LogP contribution in [0.4, 0.5) is 11.4 Å². The number of aromatic nitrogens is 1. The van der Waals surface area contributed by atoms with Crippen LogP contribution in [0.5, 0.6) is 5.75 Å². The van der Waals surface area contributed by atoms with Crippen molar-refractivity contribution in [2.24, 2.45) is 0 Å². The van der Waals surface area contributed by atoms with Crippen LogP contribution in [0.3, 0.4) is 0 Å². The summed E-state index contributed by atoms with van der Waals surface area (Å²) in [4.78, 5) is 16.5. The van der Waals surface area contributed by atoms with Crippen molar-refractivity contribution in [3.05, 3.63) is 60.8 Å². The lowest BCUT2D eigenvalue weighted by molar-refractivity contribution is -0.114. The van der Waals surface area contributed by atoms with E-state index in [1.807, 2.05) is 61.5 Å². The van der Waals surface area contributed by atoms with Gasteiger partial charge in [0.2, 0.25) is 5.91 Å². The first-order valence-electron chi connectivity index (χ1n) is 7.86. The molecule has 5 nitrogen and oxygen atoms in total. The maximum absolute atomic E-state index is 12.2. The standard InChI is InChI=1S/C19H19N3O2/c1-2-24-16-10-8-15(9-11-16)21-13-18(23)22-17-7-3-5-14-6-4-12-20-19(14)17/h3-12,21H,2,13H2,1H3,(H,22,23). The number of nitrogens with zero attached hydrogens (tertiary/aromatic N) is 1. The van der Waals surface area contributed by atoms with Crippen molar-refractivity contribution in [1.82, 2.24) is 4.98 Å². The summed E-state index contributed by atoms with van der Waals surface area (Å²) in [6.45, 7) is 2.75. The van der Waals surface area contributed by atoms with E-state index in [2.05, 4.69) is 15.6 Å². The molecule has 0 saturated heterocycles. The number of rotatable bonds is 6. The molecule has 2 aromatic carbocycles. The average molecular weight is 321 g/mol. The van der Waals surface area contributed by atoms with Crippen LogP contribution in [0.25, 0.3) is 10.9 Å². The van der Waals surface area contributed by atoms with Crippen LogP contribution in [-0.2, 0) is 4.79 Å². The van der Waals surface area contributed by atoms with E-state index in [0.29, 0.717) is 12.3 Å². The maximum atomic E-state index is 12.2. The Labute approximate surface area is 140 Å². The van der Waals surface area contributed by atoms with E-state index in [9.17, 15) is 4.79 Å². The van der Waals surface area contributed by atoms with Crippen molar-refractivity contribution in [3.8, 4) is 5.75 Å². The summed E-state index contributed by atoms with van der Waals surface area (Å²) in [6, 6.07) is 17.1. The lowest BCUT2D eigenvalue weighted by atomic mass is 10.2. The highest BCUT2D eigenvalue weighted by Crippen LogP contribution is 2.20. The smallest absolute Gasteiger partial charge is 0.243 e. The predicted octanol–water partition coefficient (Wildman–Crippen LogP) is 3.68. The molecule has 3 rings (SSSR count). The van der Waals surface area contributed by atoms with Gasteiger partial charge in [0, 0.05) is 17.3 Å². The van der Waals surface area contributed by atoms with Crippen LogP contribution in [0.1, 0.15) is 6.92 Å². The first kappa shape index (κ1) is 15.8. The second-order valence-corrected chi connectivity index (χ2v) is 5.24. The Kier molecular flexibility index (Phi) is 4.91. The zero-order valence-corrected chi connectivity index (χ0v) is 13.5. The number of para-hydroxylation sites is 1. The summed E-state index contributed by atoms with van der Waals surface area (Å²) < 4.78 is 5.39. The minimum absolute atomic E-state index is 0.123.